The lowest BCUT2D eigenvalue weighted by molar-refractivity contribution is -0.115. The third-order valence-electron chi connectivity index (χ3n) is 4.45. The molecule has 1 atom stereocenters. The number of nitrogens with zero attached hydrogens (tertiary/aromatic N) is 4. The van der Waals surface area contributed by atoms with Crippen LogP contribution in [-0.2, 0) is 21.4 Å². The summed E-state index contributed by atoms with van der Waals surface area (Å²) in [7, 11) is -3.58. The fraction of sp³-hybridized carbons (Fsp3) is 0.333. The molecular weight excluding hydrogens is 448 g/mol. The van der Waals surface area contributed by atoms with Crippen molar-refractivity contribution in [2.75, 3.05) is 5.32 Å². The summed E-state index contributed by atoms with van der Waals surface area (Å²) in [6.45, 7) is 7.94. The molecule has 2 aromatic heterocycles. The molecule has 170 valence electrons. The van der Waals surface area contributed by atoms with Gasteiger partial charge in [-0.3, -0.25) is 9.78 Å². The third-order valence-corrected chi connectivity index (χ3v) is 7.20. The van der Waals surface area contributed by atoms with E-state index in [1.807, 2.05) is 23.6 Å². The second kappa shape index (κ2) is 10.2. The summed E-state index contributed by atoms with van der Waals surface area (Å²) in [5.41, 5.74) is 1.42. The van der Waals surface area contributed by atoms with Crippen LogP contribution in [0.1, 0.15) is 27.7 Å². The number of pyridine rings is 1. The predicted octanol–water partition coefficient (Wildman–Crippen LogP) is 3.17. The van der Waals surface area contributed by atoms with Crippen molar-refractivity contribution in [2.24, 2.45) is 0 Å². The largest absolute Gasteiger partial charge is 0.325 e. The molecule has 0 unspecified atom stereocenters. The first-order chi connectivity index (χ1) is 15.2. The number of hydrogen-bond acceptors (Lipinski definition) is 7. The zero-order valence-electron chi connectivity index (χ0n) is 18.3. The molecule has 0 aliphatic carbocycles. The molecule has 0 saturated carbocycles. The molecule has 3 rings (SSSR count). The van der Waals surface area contributed by atoms with Crippen LogP contribution >= 0.6 is 11.8 Å². The topological polar surface area (TPSA) is 119 Å². The molecule has 0 fully saturated rings. The van der Waals surface area contributed by atoms with Gasteiger partial charge in [0.15, 0.2) is 11.0 Å². The summed E-state index contributed by atoms with van der Waals surface area (Å²) in [4.78, 5) is 16.9. The first-order valence-electron chi connectivity index (χ1n) is 10.1. The Kier molecular flexibility index (Phi) is 7.64. The van der Waals surface area contributed by atoms with Gasteiger partial charge in [0.2, 0.25) is 15.9 Å². The molecule has 0 spiro atoms. The lowest BCUT2D eigenvalue weighted by atomic mass is 10.2. The van der Waals surface area contributed by atoms with E-state index in [2.05, 4.69) is 25.2 Å². The number of rotatable bonds is 9. The molecule has 0 aliphatic rings. The van der Waals surface area contributed by atoms with Gasteiger partial charge in [0, 0.05) is 36.2 Å². The lowest BCUT2D eigenvalue weighted by Gasteiger charge is -2.13. The predicted molar refractivity (Wildman–Crippen MR) is 125 cm³/mol. The Bertz CT molecular complexity index is 1160. The van der Waals surface area contributed by atoms with Gasteiger partial charge in [-0.25, -0.2) is 13.1 Å². The smallest absolute Gasteiger partial charge is 0.240 e. The van der Waals surface area contributed by atoms with Crippen LogP contribution in [0.2, 0.25) is 0 Å². The number of sulfonamides is 1. The fourth-order valence-corrected chi connectivity index (χ4v) is 5.09. The Hall–Kier alpha value is -2.76. The van der Waals surface area contributed by atoms with Crippen molar-refractivity contribution in [1.29, 1.82) is 0 Å². The average molecular weight is 475 g/mol. The molecule has 3 aromatic rings. The number of hydrogen-bond donors (Lipinski definition) is 2. The molecule has 1 amide bonds. The monoisotopic (exact) mass is 474 g/mol. The maximum Gasteiger partial charge on any atom is 0.240 e. The van der Waals surface area contributed by atoms with Gasteiger partial charge in [0.05, 0.1) is 10.1 Å². The van der Waals surface area contributed by atoms with E-state index >= 15 is 0 Å². The normalized spacial score (nSPS) is 12.7. The van der Waals surface area contributed by atoms with Crippen molar-refractivity contribution in [3.05, 3.63) is 48.8 Å². The second-order valence-electron chi connectivity index (χ2n) is 7.34. The molecule has 9 nitrogen and oxygen atoms in total. The van der Waals surface area contributed by atoms with Crippen LogP contribution in [0.4, 0.5) is 5.69 Å². The van der Waals surface area contributed by atoms with Gasteiger partial charge in [-0.2, -0.15) is 0 Å². The molecule has 32 heavy (non-hydrogen) atoms. The zero-order valence-corrected chi connectivity index (χ0v) is 19.9. The van der Waals surface area contributed by atoms with E-state index in [9.17, 15) is 13.2 Å². The highest BCUT2D eigenvalue weighted by molar-refractivity contribution is 8.00. The number of aromatic nitrogens is 4. The minimum absolute atomic E-state index is 0.145. The Morgan fingerprint density at radius 3 is 2.31 bits per heavy atom. The van der Waals surface area contributed by atoms with Crippen LogP contribution in [0, 0.1) is 0 Å². The Labute approximate surface area is 192 Å². The van der Waals surface area contributed by atoms with Gasteiger partial charge in [-0.15, -0.1) is 10.2 Å². The maximum atomic E-state index is 12.7. The van der Waals surface area contributed by atoms with E-state index in [1.165, 1.54) is 23.9 Å². The molecule has 0 aliphatic heterocycles. The number of amides is 1. The minimum Gasteiger partial charge on any atom is -0.325 e. The van der Waals surface area contributed by atoms with Crippen molar-refractivity contribution in [3.63, 3.8) is 0 Å². The fourth-order valence-electron chi connectivity index (χ4n) is 2.93. The third kappa shape index (κ3) is 5.72. The SMILES string of the molecule is CCn1c(S[C@@H](C)C(=O)Nc2ccc(S(=O)(=O)NC(C)C)cc2)nnc1-c1ccncc1. The highest BCUT2D eigenvalue weighted by Crippen LogP contribution is 2.27. The van der Waals surface area contributed by atoms with Crippen LogP contribution in [-0.4, -0.2) is 45.4 Å². The highest BCUT2D eigenvalue weighted by atomic mass is 32.2. The summed E-state index contributed by atoms with van der Waals surface area (Å²) in [5.74, 6) is 0.499. The Morgan fingerprint density at radius 1 is 1.06 bits per heavy atom. The number of nitrogens with one attached hydrogen (secondary N) is 2. The molecule has 11 heteroatoms. The summed E-state index contributed by atoms with van der Waals surface area (Å²) in [6, 6.07) is 9.59. The highest BCUT2D eigenvalue weighted by Gasteiger charge is 2.21. The molecule has 0 saturated heterocycles. The first kappa shape index (κ1) is 23.9. The minimum atomic E-state index is -3.58. The molecule has 1 aromatic carbocycles. The number of anilines is 1. The van der Waals surface area contributed by atoms with E-state index in [0.29, 0.717) is 17.4 Å². The van der Waals surface area contributed by atoms with Gasteiger partial charge in [0.25, 0.3) is 0 Å². The van der Waals surface area contributed by atoms with Crippen LogP contribution in [0.15, 0.2) is 58.8 Å². The van der Waals surface area contributed by atoms with Crippen molar-refractivity contribution in [1.82, 2.24) is 24.5 Å². The Balaban J connectivity index is 1.68. The van der Waals surface area contributed by atoms with E-state index < -0.39 is 15.3 Å². The van der Waals surface area contributed by atoms with Gasteiger partial charge in [-0.1, -0.05) is 11.8 Å². The summed E-state index contributed by atoms with van der Waals surface area (Å²) >= 11 is 1.31. The molecular formula is C21H26N6O3S2. The molecule has 0 radical (unpaired) electrons. The second-order valence-corrected chi connectivity index (χ2v) is 10.4. The van der Waals surface area contributed by atoms with Crippen molar-refractivity contribution in [3.8, 4) is 11.4 Å². The molecule has 2 heterocycles. The van der Waals surface area contributed by atoms with Crippen molar-refractivity contribution < 1.29 is 13.2 Å². The first-order valence-corrected chi connectivity index (χ1v) is 12.5. The van der Waals surface area contributed by atoms with Crippen LogP contribution < -0.4 is 10.0 Å². The van der Waals surface area contributed by atoms with Gasteiger partial charge < -0.3 is 9.88 Å². The van der Waals surface area contributed by atoms with E-state index in [0.717, 1.165) is 11.4 Å². The van der Waals surface area contributed by atoms with E-state index in [-0.39, 0.29) is 16.8 Å². The summed E-state index contributed by atoms with van der Waals surface area (Å²) < 4.78 is 28.9. The van der Waals surface area contributed by atoms with Crippen molar-refractivity contribution >= 4 is 33.4 Å². The standard InChI is InChI=1S/C21H26N6O3S2/c1-5-27-19(16-10-12-22-13-11-16)24-25-21(27)31-15(4)20(28)23-17-6-8-18(9-7-17)32(29,30)26-14(2)3/h6-15,26H,5H2,1-4H3,(H,23,28)/t15-/m0/s1. The van der Waals surface area contributed by atoms with Gasteiger partial charge in [0.1, 0.15) is 0 Å². The van der Waals surface area contributed by atoms with Crippen LogP contribution in [0.5, 0.6) is 0 Å². The van der Waals surface area contributed by atoms with E-state index in [1.54, 1.807) is 45.3 Å². The average Bonchev–Trinajstić information content (AvgIpc) is 3.16. The Morgan fingerprint density at radius 2 is 1.72 bits per heavy atom. The lowest BCUT2D eigenvalue weighted by Crippen LogP contribution is -2.30. The number of carbonyl (C=O) groups is 1. The summed E-state index contributed by atoms with van der Waals surface area (Å²) in [5, 5.41) is 11.5. The van der Waals surface area contributed by atoms with Gasteiger partial charge in [-0.05, 0) is 64.1 Å². The zero-order chi connectivity index (χ0) is 23.3. The molecule has 0 bridgehead atoms. The number of benzene rings is 1. The van der Waals surface area contributed by atoms with Crippen molar-refractivity contribution in [2.45, 2.75) is 55.6 Å². The molecule has 2 N–H and O–H groups in total. The number of thioether (sulfide) groups is 1. The maximum absolute atomic E-state index is 12.7. The van der Waals surface area contributed by atoms with Crippen LogP contribution in [0.3, 0.4) is 0 Å². The van der Waals surface area contributed by atoms with Crippen LogP contribution in [0.25, 0.3) is 11.4 Å². The summed E-state index contributed by atoms with van der Waals surface area (Å²) in [6.07, 6.45) is 3.39. The number of carbonyl (C=O) groups excluding carboxylic acids is 1. The van der Waals surface area contributed by atoms with E-state index in [4.69, 9.17) is 0 Å². The van der Waals surface area contributed by atoms with Gasteiger partial charge >= 0.3 is 0 Å². The quantitative estimate of drug-likeness (QED) is 0.457.